The van der Waals surface area contributed by atoms with E-state index in [9.17, 15) is 4.79 Å². The van der Waals surface area contributed by atoms with Crippen LogP contribution in [0.1, 0.15) is 44.8 Å². The minimum absolute atomic E-state index is 0.168. The molecule has 5 heteroatoms. The Balaban J connectivity index is 2.78. The second-order valence-corrected chi connectivity index (χ2v) is 5.13. The van der Waals surface area contributed by atoms with E-state index in [-0.39, 0.29) is 16.9 Å². The number of nitrogens with one attached hydrogen (secondary N) is 1. The molecule has 0 aliphatic carbocycles. The largest absolute Gasteiger partial charge is 0.464 e. The van der Waals surface area contributed by atoms with Crippen molar-refractivity contribution in [2.45, 2.75) is 40.2 Å². The summed E-state index contributed by atoms with van der Waals surface area (Å²) in [6.45, 7) is 7.38. The molecule has 0 aliphatic rings. The van der Waals surface area contributed by atoms with Gasteiger partial charge in [0, 0.05) is 0 Å². The molecule has 2 unspecified atom stereocenters. The predicted molar refractivity (Wildman–Crippen MR) is 75.2 cm³/mol. The van der Waals surface area contributed by atoms with Gasteiger partial charge in [0.05, 0.1) is 16.4 Å². The van der Waals surface area contributed by atoms with Gasteiger partial charge in [0.25, 0.3) is 0 Å². The molecule has 100 valence electrons. The summed E-state index contributed by atoms with van der Waals surface area (Å²) in [6, 6.07) is 3.51. The Hall–Kier alpha value is -1.36. The number of furan rings is 1. The number of carbonyl (C=O) groups excluding carboxylic acids is 1. The molecule has 4 nitrogen and oxygen atoms in total. The van der Waals surface area contributed by atoms with Gasteiger partial charge in [0.2, 0.25) is 5.91 Å². The Morgan fingerprint density at radius 2 is 2.22 bits per heavy atom. The summed E-state index contributed by atoms with van der Waals surface area (Å²) in [5.74, 6) is 1.37. The standard InChI is InChI=1S/C13H20N2O2S/c1-5-13(4,11(14)18)12(16)15-9(3)10-7-6-8(2)17-10/h6-7,9H,5H2,1-4H3,(H2,14,18)(H,15,16). The Kier molecular flexibility index (Phi) is 4.51. The first-order valence-electron chi connectivity index (χ1n) is 5.98. The molecule has 0 fully saturated rings. The van der Waals surface area contributed by atoms with Crippen molar-refractivity contribution < 1.29 is 9.21 Å². The van der Waals surface area contributed by atoms with Crippen molar-refractivity contribution in [2.24, 2.45) is 11.1 Å². The fraction of sp³-hybridized carbons (Fsp3) is 0.538. The normalized spacial score (nSPS) is 15.8. The van der Waals surface area contributed by atoms with Crippen molar-refractivity contribution in [2.75, 3.05) is 0 Å². The van der Waals surface area contributed by atoms with E-state index in [1.54, 1.807) is 6.92 Å². The topological polar surface area (TPSA) is 68.3 Å². The van der Waals surface area contributed by atoms with Gasteiger partial charge in [0.1, 0.15) is 11.5 Å². The molecule has 1 aromatic rings. The third kappa shape index (κ3) is 2.90. The molecule has 18 heavy (non-hydrogen) atoms. The lowest BCUT2D eigenvalue weighted by Crippen LogP contribution is -2.47. The van der Waals surface area contributed by atoms with Crippen LogP contribution in [0.4, 0.5) is 0 Å². The Morgan fingerprint density at radius 1 is 1.61 bits per heavy atom. The summed E-state index contributed by atoms with van der Waals surface area (Å²) in [5, 5.41) is 2.88. The molecule has 3 N–H and O–H groups in total. The number of rotatable bonds is 5. The van der Waals surface area contributed by atoms with E-state index in [1.807, 2.05) is 32.9 Å². The highest BCUT2D eigenvalue weighted by atomic mass is 32.1. The third-order valence-corrected chi connectivity index (χ3v) is 3.74. The number of nitrogens with two attached hydrogens (primary N) is 1. The lowest BCUT2D eigenvalue weighted by Gasteiger charge is -2.27. The molecule has 1 rings (SSSR count). The maximum Gasteiger partial charge on any atom is 0.233 e. The summed E-state index contributed by atoms with van der Waals surface area (Å²) in [5.41, 5.74) is 4.83. The average molecular weight is 268 g/mol. The van der Waals surface area contributed by atoms with Crippen LogP contribution >= 0.6 is 12.2 Å². The van der Waals surface area contributed by atoms with Gasteiger partial charge in [-0.05, 0) is 39.3 Å². The third-order valence-electron chi connectivity index (χ3n) is 3.29. The second-order valence-electron chi connectivity index (χ2n) is 4.69. The minimum atomic E-state index is -0.814. The smallest absolute Gasteiger partial charge is 0.233 e. The van der Waals surface area contributed by atoms with Gasteiger partial charge in [-0.25, -0.2) is 0 Å². The van der Waals surface area contributed by atoms with Crippen LogP contribution in [-0.2, 0) is 4.79 Å². The molecule has 0 radical (unpaired) electrons. The minimum Gasteiger partial charge on any atom is -0.464 e. The lowest BCUT2D eigenvalue weighted by atomic mass is 9.86. The highest BCUT2D eigenvalue weighted by molar-refractivity contribution is 7.80. The SMILES string of the molecule is CCC(C)(C(=O)NC(C)c1ccc(C)o1)C(N)=S. The maximum absolute atomic E-state index is 12.2. The lowest BCUT2D eigenvalue weighted by molar-refractivity contribution is -0.127. The van der Waals surface area contributed by atoms with Gasteiger partial charge >= 0.3 is 0 Å². The number of hydrogen-bond acceptors (Lipinski definition) is 3. The first-order valence-corrected chi connectivity index (χ1v) is 6.39. The number of carbonyl (C=O) groups is 1. The fourth-order valence-electron chi connectivity index (χ4n) is 1.56. The number of amides is 1. The van der Waals surface area contributed by atoms with E-state index in [4.69, 9.17) is 22.4 Å². The van der Waals surface area contributed by atoms with Gasteiger partial charge in [-0.3, -0.25) is 4.79 Å². The fourth-order valence-corrected chi connectivity index (χ4v) is 1.80. The maximum atomic E-state index is 12.2. The number of thiocarbonyl (C=S) groups is 1. The second kappa shape index (κ2) is 5.52. The molecule has 0 bridgehead atoms. The number of aryl methyl sites for hydroxylation is 1. The van der Waals surface area contributed by atoms with Gasteiger partial charge in [-0.1, -0.05) is 19.1 Å². The van der Waals surface area contributed by atoms with Crippen LogP contribution in [0.5, 0.6) is 0 Å². The van der Waals surface area contributed by atoms with Crippen molar-refractivity contribution in [3.63, 3.8) is 0 Å². The Bertz CT molecular complexity index is 456. The molecule has 0 saturated heterocycles. The van der Waals surface area contributed by atoms with Crippen LogP contribution in [0.2, 0.25) is 0 Å². The van der Waals surface area contributed by atoms with Gasteiger partial charge in [-0.15, -0.1) is 0 Å². The zero-order chi connectivity index (χ0) is 13.9. The van der Waals surface area contributed by atoms with Crippen LogP contribution in [0.25, 0.3) is 0 Å². The summed E-state index contributed by atoms with van der Waals surface area (Å²) < 4.78 is 5.47. The van der Waals surface area contributed by atoms with Gasteiger partial charge in [-0.2, -0.15) is 0 Å². The van der Waals surface area contributed by atoms with E-state index in [1.165, 1.54) is 0 Å². The van der Waals surface area contributed by atoms with E-state index in [0.29, 0.717) is 6.42 Å². The van der Waals surface area contributed by atoms with Crippen molar-refractivity contribution in [3.05, 3.63) is 23.7 Å². The molecule has 0 aliphatic heterocycles. The molecule has 0 aromatic carbocycles. The molecule has 0 spiro atoms. The molecule has 1 amide bonds. The molecule has 1 heterocycles. The van der Waals surface area contributed by atoms with E-state index >= 15 is 0 Å². The summed E-state index contributed by atoms with van der Waals surface area (Å²) in [7, 11) is 0. The first kappa shape index (κ1) is 14.7. The highest BCUT2D eigenvalue weighted by Crippen LogP contribution is 2.24. The quantitative estimate of drug-likeness (QED) is 0.805. The van der Waals surface area contributed by atoms with Crippen LogP contribution < -0.4 is 11.1 Å². The van der Waals surface area contributed by atoms with Crippen molar-refractivity contribution in [1.29, 1.82) is 0 Å². The summed E-state index contributed by atoms with van der Waals surface area (Å²) >= 11 is 4.97. The molecule has 0 saturated carbocycles. The van der Waals surface area contributed by atoms with Crippen LogP contribution in [0.3, 0.4) is 0 Å². The van der Waals surface area contributed by atoms with Crippen molar-refractivity contribution >= 4 is 23.1 Å². The molecular weight excluding hydrogens is 248 g/mol. The Labute approximate surface area is 113 Å². The van der Waals surface area contributed by atoms with Crippen molar-refractivity contribution in [3.8, 4) is 0 Å². The van der Waals surface area contributed by atoms with Crippen molar-refractivity contribution in [1.82, 2.24) is 5.32 Å². The summed E-state index contributed by atoms with van der Waals surface area (Å²) in [4.78, 5) is 12.4. The highest BCUT2D eigenvalue weighted by Gasteiger charge is 2.35. The molecular formula is C13H20N2O2S. The van der Waals surface area contributed by atoms with E-state index in [2.05, 4.69) is 5.32 Å². The zero-order valence-electron chi connectivity index (χ0n) is 11.2. The monoisotopic (exact) mass is 268 g/mol. The van der Waals surface area contributed by atoms with Gasteiger partial charge < -0.3 is 15.5 Å². The van der Waals surface area contributed by atoms with Crippen LogP contribution in [0, 0.1) is 12.3 Å². The van der Waals surface area contributed by atoms with Crippen LogP contribution in [0.15, 0.2) is 16.5 Å². The number of hydrogen-bond donors (Lipinski definition) is 2. The summed E-state index contributed by atoms with van der Waals surface area (Å²) in [6.07, 6.45) is 0.568. The predicted octanol–water partition coefficient (Wildman–Crippen LogP) is 2.47. The van der Waals surface area contributed by atoms with E-state index < -0.39 is 5.41 Å². The molecule has 1 aromatic heterocycles. The van der Waals surface area contributed by atoms with Crippen LogP contribution in [-0.4, -0.2) is 10.9 Å². The zero-order valence-corrected chi connectivity index (χ0v) is 12.1. The van der Waals surface area contributed by atoms with E-state index in [0.717, 1.165) is 11.5 Å². The molecule has 2 atom stereocenters. The van der Waals surface area contributed by atoms with Gasteiger partial charge in [0.15, 0.2) is 0 Å². The first-order chi connectivity index (χ1) is 8.31. The Morgan fingerprint density at radius 3 is 2.61 bits per heavy atom. The average Bonchev–Trinajstić information content (AvgIpc) is 2.74.